The van der Waals surface area contributed by atoms with Gasteiger partial charge in [0.05, 0.1) is 24.6 Å². The fourth-order valence-electron chi connectivity index (χ4n) is 3.87. The molecule has 1 atom stereocenters. The summed E-state index contributed by atoms with van der Waals surface area (Å²) in [5.41, 5.74) is 5.25. The van der Waals surface area contributed by atoms with Gasteiger partial charge in [-0.25, -0.2) is 0 Å². The molecule has 32 heavy (non-hydrogen) atoms. The monoisotopic (exact) mass is 430 g/mol. The van der Waals surface area contributed by atoms with Gasteiger partial charge in [0.2, 0.25) is 0 Å². The molecule has 3 aromatic rings. The molecule has 1 amide bonds. The van der Waals surface area contributed by atoms with Gasteiger partial charge in [-0.05, 0) is 53.6 Å². The summed E-state index contributed by atoms with van der Waals surface area (Å²) in [6, 6.07) is 19.4. The molecular weight excluding hydrogens is 404 g/mol. The number of aromatic nitrogens is 1. The highest BCUT2D eigenvalue weighted by molar-refractivity contribution is 6.05. The molecular formula is C25H26N4O3. The molecule has 0 saturated heterocycles. The van der Waals surface area contributed by atoms with Crippen LogP contribution in [0.4, 0.5) is 5.69 Å². The Balaban J connectivity index is 1.72. The van der Waals surface area contributed by atoms with Crippen LogP contribution in [0.15, 0.2) is 84.4 Å². The topological polar surface area (TPSA) is 75.7 Å². The van der Waals surface area contributed by atoms with Gasteiger partial charge in [-0.3, -0.25) is 14.6 Å². The van der Waals surface area contributed by atoms with Crippen LogP contribution in [0.2, 0.25) is 0 Å². The molecule has 0 radical (unpaired) electrons. The minimum Gasteiger partial charge on any atom is -0.384 e. The normalized spacial score (nSPS) is 16.2. The van der Waals surface area contributed by atoms with Gasteiger partial charge in [-0.15, -0.1) is 0 Å². The predicted molar refractivity (Wildman–Crippen MR) is 123 cm³/mol. The molecule has 7 nitrogen and oxygen atoms in total. The average Bonchev–Trinajstić information content (AvgIpc) is 3.16. The molecule has 1 aliphatic rings. The third kappa shape index (κ3) is 4.40. The van der Waals surface area contributed by atoms with Gasteiger partial charge in [0.1, 0.15) is 11.8 Å². The predicted octanol–water partition coefficient (Wildman–Crippen LogP) is 4.23. The van der Waals surface area contributed by atoms with E-state index in [1.807, 2.05) is 31.3 Å². The molecule has 7 heteroatoms. The summed E-state index contributed by atoms with van der Waals surface area (Å²) in [6.45, 7) is 2.57. The molecule has 1 aromatic heterocycles. The second-order valence-electron chi connectivity index (χ2n) is 7.44. The highest BCUT2D eigenvalue weighted by atomic mass is 17.0. The molecule has 0 bridgehead atoms. The van der Waals surface area contributed by atoms with Gasteiger partial charge in [-0.1, -0.05) is 48.5 Å². The molecule has 0 aliphatic carbocycles. The third-order valence-corrected chi connectivity index (χ3v) is 5.34. The third-order valence-electron chi connectivity index (χ3n) is 5.34. The van der Waals surface area contributed by atoms with Crippen molar-refractivity contribution >= 4 is 11.6 Å². The van der Waals surface area contributed by atoms with Gasteiger partial charge < -0.3 is 15.5 Å². The van der Waals surface area contributed by atoms with E-state index < -0.39 is 6.04 Å². The molecule has 4 rings (SSSR count). The molecule has 2 aromatic carbocycles. The number of nitrogens with one attached hydrogen (secondary N) is 2. The lowest BCUT2D eigenvalue weighted by Gasteiger charge is -2.24. The zero-order chi connectivity index (χ0) is 22.5. The molecule has 2 N–H and O–H groups in total. The van der Waals surface area contributed by atoms with Crippen molar-refractivity contribution in [1.29, 1.82) is 0 Å². The first-order valence-electron chi connectivity index (χ1n) is 10.4. The smallest absolute Gasteiger partial charge is 0.257 e. The zero-order valence-electron chi connectivity index (χ0n) is 18.3. The number of anilines is 1. The number of hydrogen-bond acceptors (Lipinski definition) is 6. The maximum atomic E-state index is 13.3. The maximum absolute atomic E-state index is 13.3. The number of allylic oxidation sites excluding steroid dienone is 1. The highest BCUT2D eigenvalue weighted by Crippen LogP contribution is 2.42. The van der Waals surface area contributed by atoms with Gasteiger partial charge in [0.25, 0.3) is 5.91 Å². The van der Waals surface area contributed by atoms with Gasteiger partial charge >= 0.3 is 0 Å². The number of hydroxylamine groups is 2. The average molecular weight is 431 g/mol. The Morgan fingerprint density at radius 2 is 1.91 bits per heavy atom. The van der Waals surface area contributed by atoms with Crippen molar-refractivity contribution in [3.63, 3.8) is 0 Å². The van der Waals surface area contributed by atoms with Crippen molar-refractivity contribution in [1.82, 2.24) is 15.5 Å². The summed E-state index contributed by atoms with van der Waals surface area (Å²) in [7, 11) is 3.45. The molecule has 164 valence electrons. The molecule has 0 saturated carbocycles. The van der Waals surface area contributed by atoms with E-state index in [1.165, 1.54) is 17.9 Å². The van der Waals surface area contributed by atoms with Crippen LogP contribution in [0.3, 0.4) is 0 Å². The number of benzene rings is 2. The number of amides is 1. The van der Waals surface area contributed by atoms with Crippen LogP contribution in [0.1, 0.15) is 24.1 Å². The highest BCUT2D eigenvalue weighted by Gasteiger charge is 2.40. The number of nitrogens with zero attached hydrogens (tertiary/aromatic N) is 2. The summed E-state index contributed by atoms with van der Waals surface area (Å²) in [5.74, 6) is 0.219. The summed E-state index contributed by atoms with van der Waals surface area (Å²) in [4.78, 5) is 28.6. The Morgan fingerprint density at radius 3 is 2.59 bits per heavy atom. The Hall–Kier alpha value is -3.52. The SMILES string of the molecule is CNCc1ccc(-c2ccccc2C2C(C(=O)Nc3cccnc3)=C(C)ON2OC)cc1. The maximum Gasteiger partial charge on any atom is 0.257 e. The van der Waals surface area contributed by atoms with Crippen LogP contribution >= 0.6 is 0 Å². The quantitative estimate of drug-likeness (QED) is 0.584. The standard InChI is InChI=1S/C25H26N4O3/c1-17-23(25(30)28-20-7-6-14-27-16-20)24(29(31-3)32-17)22-9-5-4-8-21(22)19-12-10-18(11-13-19)15-26-2/h4-14,16,24,26H,15H2,1-3H3,(H,28,30). The Morgan fingerprint density at radius 1 is 1.12 bits per heavy atom. The van der Waals surface area contributed by atoms with Crippen molar-refractivity contribution in [3.05, 3.63) is 95.5 Å². The van der Waals surface area contributed by atoms with E-state index in [2.05, 4.69) is 39.9 Å². The largest absolute Gasteiger partial charge is 0.384 e. The fraction of sp³-hybridized carbons (Fsp3) is 0.200. The molecule has 0 spiro atoms. The second kappa shape index (κ2) is 9.74. The first kappa shape index (κ1) is 21.7. The van der Waals surface area contributed by atoms with Crippen LogP contribution in [0.5, 0.6) is 0 Å². The number of carbonyl (C=O) groups excluding carboxylic acids is 1. The lowest BCUT2D eigenvalue weighted by atomic mass is 9.90. The van der Waals surface area contributed by atoms with Crippen molar-refractivity contribution in [2.45, 2.75) is 19.5 Å². The molecule has 1 aliphatic heterocycles. The van der Waals surface area contributed by atoms with Crippen LogP contribution in [-0.4, -0.2) is 30.3 Å². The van der Waals surface area contributed by atoms with E-state index in [-0.39, 0.29) is 5.91 Å². The lowest BCUT2D eigenvalue weighted by Crippen LogP contribution is -2.27. The molecule has 0 fully saturated rings. The van der Waals surface area contributed by atoms with Crippen LogP contribution in [0, 0.1) is 0 Å². The van der Waals surface area contributed by atoms with Gasteiger partial charge in [0.15, 0.2) is 0 Å². The van der Waals surface area contributed by atoms with E-state index in [1.54, 1.807) is 31.5 Å². The molecule has 2 heterocycles. The summed E-state index contributed by atoms with van der Waals surface area (Å²) >= 11 is 0. The number of pyridine rings is 1. The minimum absolute atomic E-state index is 0.265. The number of hydrogen-bond donors (Lipinski definition) is 2. The lowest BCUT2D eigenvalue weighted by molar-refractivity contribution is -0.339. The van der Waals surface area contributed by atoms with E-state index in [4.69, 9.17) is 9.68 Å². The van der Waals surface area contributed by atoms with Crippen molar-refractivity contribution in [2.24, 2.45) is 0 Å². The molecule has 1 unspecified atom stereocenters. The van der Waals surface area contributed by atoms with E-state index >= 15 is 0 Å². The summed E-state index contributed by atoms with van der Waals surface area (Å²) in [5, 5.41) is 7.43. The van der Waals surface area contributed by atoms with Crippen LogP contribution in [0.25, 0.3) is 11.1 Å². The van der Waals surface area contributed by atoms with Gasteiger partial charge in [-0.2, -0.15) is 0 Å². The minimum atomic E-state index is -0.537. The van der Waals surface area contributed by atoms with Crippen molar-refractivity contribution in [3.8, 4) is 11.1 Å². The zero-order valence-corrected chi connectivity index (χ0v) is 18.3. The number of rotatable bonds is 7. The van der Waals surface area contributed by atoms with E-state index in [0.29, 0.717) is 17.0 Å². The summed E-state index contributed by atoms with van der Waals surface area (Å²) in [6.07, 6.45) is 3.26. The Bertz CT molecular complexity index is 1110. The van der Waals surface area contributed by atoms with E-state index in [9.17, 15) is 4.79 Å². The van der Waals surface area contributed by atoms with Crippen molar-refractivity contribution in [2.75, 3.05) is 19.5 Å². The fourth-order valence-corrected chi connectivity index (χ4v) is 3.87. The number of carbonyl (C=O) groups is 1. The Labute approximate surface area is 187 Å². The summed E-state index contributed by atoms with van der Waals surface area (Å²) < 4.78 is 0. The van der Waals surface area contributed by atoms with Crippen molar-refractivity contribution < 1.29 is 14.5 Å². The van der Waals surface area contributed by atoms with Crippen LogP contribution < -0.4 is 10.6 Å². The van der Waals surface area contributed by atoms with Gasteiger partial charge in [0, 0.05) is 12.7 Å². The second-order valence-corrected chi connectivity index (χ2v) is 7.44. The van der Waals surface area contributed by atoms with E-state index in [0.717, 1.165) is 23.2 Å². The Kier molecular flexibility index (Phi) is 6.61. The first-order valence-corrected chi connectivity index (χ1v) is 10.4. The first-order chi connectivity index (χ1) is 15.6. The van der Waals surface area contributed by atoms with Crippen LogP contribution in [-0.2, 0) is 21.0 Å².